The third-order valence-electron chi connectivity index (χ3n) is 2.73. The van der Waals surface area contributed by atoms with Gasteiger partial charge in [0.15, 0.2) is 0 Å². The maximum Gasteiger partial charge on any atom is 0.134 e. The van der Waals surface area contributed by atoms with Crippen molar-refractivity contribution in [1.29, 1.82) is 0 Å². The van der Waals surface area contributed by atoms with Gasteiger partial charge in [-0.1, -0.05) is 54.3 Å². The number of aryl methyl sites for hydroxylation is 1. The Morgan fingerprint density at radius 3 is 2.73 bits per heavy atom. The van der Waals surface area contributed by atoms with Crippen LogP contribution in [0.25, 0.3) is 0 Å². The molecule has 1 unspecified atom stereocenters. The Morgan fingerprint density at radius 1 is 1.40 bits per heavy atom. The zero-order chi connectivity index (χ0) is 10.7. The Labute approximate surface area is 101 Å². The summed E-state index contributed by atoms with van der Waals surface area (Å²) in [7, 11) is 0. The summed E-state index contributed by atoms with van der Waals surface area (Å²) in [6, 6.07) is 10.6. The number of thiocarbonyl (C=S) groups is 1. The van der Waals surface area contributed by atoms with Crippen molar-refractivity contribution < 1.29 is 0 Å². The molecule has 3 heteroatoms. The molecule has 15 heavy (non-hydrogen) atoms. The summed E-state index contributed by atoms with van der Waals surface area (Å²) in [5.41, 5.74) is 1.60. The normalized spacial score (nSPS) is 25.3. The monoisotopic (exact) mass is 237 g/mol. The average molecular weight is 237 g/mol. The summed E-state index contributed by atoms with van der Waals surface area (Å²) in [4.78, 5) is 0. The van der Waals surface area contributed by atoms with Crippen molar-refractivity contribution in [1.82, 2.24) is 5.32 Å². The lowest BCUT2D eigenvalue weighted by Gasteiger charge is -2.23. The fourth-order valence-electron chi connectivity index (χ4n) is 1.74. The van der Waals surface area contributed by atoms with Crippen molar-refractivity contribution in [3.8, 4) is 0 Å². The molecule has 1 aromatic carbocycles. The van der Waals surface area contributed by atoms with Crippen LogP contribution in [-0.4, -0.2) is 15.6 Å². The lowest BCUT2D eigenvalue weighted by Crippen LogP contribution is -2.40. The van der Waals surface area contributed by atoms with Gasteiger partial charge >= 0.3 is 0 Å². The maximum atomic E-state index is 5.15. The first-order valence-corrected chi connectivity index (χ1v) is 6.56. The molecule has 1 saturated heterocycles. The van der Waals surface area contributed by atoms with Gasteiger partial charge in [-0.15, -0.1) is 0 Å². The van der Waals surface area contributed by atoms with Crippen LogP contribution in [0.2, 0.25) is 0 Å². The van der Waals surface area contributed by atoms with Crippen LogP contribution in [0.3, 0.4) is 0 Å². The molecule has 2 rings (SSSR count). The molecule has 0 spiro atoms. The van der Waals surface area contributed by atoms with Gasteiger partial charge in [0, 0.05) is 11.3 Å². The minimum absolute atomic E-state index is 0.192. The number of thioether (sulfide) groups is 1. The first-order chi connectivity index (χ1) is 7.18. The molecule has 80 valence electrons. The summed E-state index contributed by atoms with van der Waals surface area (Å²) in [6.07, 6.45) is 2.26. The Morgan fingerprint density at radius 2 is 2.13 bits per heavy atom. The molecular formula is C12H15NS2. The molecule has 1 heterocycles. The van der Waals surface area contributed by atoms with Crippen molar-refractivity contribution in [2.45, 2.75) is 25.3 Å². The Hall–Kier alpha value is -0.540. The van der Waals surface area contributed by atoms with Crippen LogP contribution in [0, 0.1) is 0 Å². The van der Waals surface area contributed by atoms with E-state index in [9.17, 15) is 0 Å². The lowest BCUT2D eigenvalue weighted by atomic mass is 9.95. The second-order valence-corrected chi connectivity index (χ2v) is 5.90. The van der Waals surface area contributed by atoms with E-state index in [1.807, 2.05) is 0 Å². The molecular weight excluding hydrogens is 222 g/mol. The van der Waals surface area contributed by atoms with Gasteiger partial charge in [-0.25, -0.2) is 0 Å². The van der Waals surface area contributed by atoms with Crippen molar-refractivity contribution in [2.75, 3.05) is 5.75 Å². The number of benzene rings is 1. The molecule has 1 aromatic rings. The highest BCUT2D eigenvalue weighted by Gasteiger charge is 2.30. The highest BCUT2D eigenvalue weighted by molar-refractivity contribution is 8.23. The molecule has 1 aliphatic heterocycles. The quantitative estimate of drug-likeness (QED) is 0.812. The molecule has 1 nitrogen and oxygen atoms in total. The summed E-state index contributed by atoms with van der Waals surface area (Å²) < 4.78 is 0.950. The van der Waals surface area contributed by atoms with E-state index in [4.69, 9.17) is 12.2 Å². The van der Waals surface area contributed by atoms with E-state index >= 15 is 0 Å². The molecule has 1 fully saturated rings. The largest absolute Gasteiger partial charge is 0.365 e. The number of hydrogen-bond acceptors (Lipinski definition) is 2. The van der Waals surface area contributed by atoms with E-state index < -0.39 is 0 Å². The third kappa shape index (κ3) is 2.95. The van der Waals surface area contributed by atoms with Crippen molar-refractivity contribution in [2.24, 2.45) is 0 Å². The first-order valence-electron chi connectivity index (χ1n) is 5.17. The number of hydrogen-bond donors (Lipinski definition) is 1. The van der Waals surface area contributed by atoms with Crippen LogP contribution in [-0.2, 0) is 6.42 Å². The summed E-state index contributed by atoms with van der Waals surface area (Å²) in [5.74, 6) is 1.10. The van der Waals surface area contributed by atoms with Crippen LogP contribution in [0.5, 0.6) is 0 Å². The molecule has 1 aliphatic rings. The Balaban J connectivity index is 1.91. The fourth-order valence-corrected chi connectivity index (χ4v) is 3.15. The van der Waals surface area contributed by atoms with Crippen molar-refractivity contribution in [3.05, 3.63) is 35.9 Å². The smallest absolute Gasteiger partial charge is 0.134 e. The molecule has 0 amide bonds. The SMILES string of the molecule is CC1(CCc2ccccc2)CSC(=S)N1. The van der Waals surface area contributed by atoms with E-state index in [2.05, 4.69) is 42.6 Å². The summed E-state index contributed by atoms with van der Waals surface area (Å²) in [5, 5.41) is 3.39. The minimum atomic E-state index is 0.192. The summed E-state index contributed by atoms with van der Waals surface area (Å²) in [6.45, 7) is 2.25. The molecule has 1 atom stereocenters. The highest BCUT2D eigenvalue weighted by atomic mass is 32.2. The van der Waals surface area contributed by atoms with Gasteiger partial charge in [0.2, 0.25) is 0 Å². The van der Waals surface area contributed by atoms with Crippen LogP contribution in [0.1, 0.15) is 18.9 Å². The second-order valence-electron chi connectivity index (χ2n) is 4.25. The van der Waals surface area contributed by atoms with Crippen LogP contribution >= 0.6 is 24.0 Å². The van der Waals surface area contributed by atoms with Crippen molar-refractivity contribution >= 4 is 28.3 Å². The van der Waals surface area contributed by atoms with Crippen LogP contribution in [0.15, 0.2) is 30.3 Å². The van der Waals surface area contributed by atoms with E-state index in [0.717, 1.165) is 22.9 Å². The zero-order valence-electron chi connectivity index (χ0n) is 8.82. The van der Waals surface area contributed by atoms with Crippen LogP contribution < -0.4 is 5.32 Å². The Bertz CT molecular complexity index is 350. The van der Waals surface area contributed by atoms with Crippen LogP contribution in [0.4, 0.5) is 0 Å². The van der Waals surface area contributed by atoms with Gasteiger partial charge in [0.25, 0.3) is 0 Å². The number of nitrogens with one attached hydrogen (secondary N) is 1. The van der Waals surface area contributed by atoms with Gasteiger partial charge < -0.3 is 5.32 Å². The predicted molar refractivity (Wildman–Crippen MR) is 71.4 cm³/mol. The molecule has 0 aliphatic carbocycles. The van der Waals surface area contributed by atoms with Gasteiger partial charge in [-0.3, -0.25) is 0 Å². The molecule has 0 saturated carbocycles. The summed E-state index contributed by atoms with van der Waals surface area (Å²) >= 11 is 6.91. The molecule has 0 radical (unpaired) electrons. The van der Waals surface area contributed by atoms with E-state index in [0.29, 0.717) is 0 Å². The molecule has 0 aromatic heterocycles. The first kappa shape index (κ1) is 11.0. The number of rotatable bonds is 3. The molecule has 0 bridgehead atoms. The van der Waals surface area contributed by atoms with Gasteiger partial charge in [0.05, 0.1) is 0 Å². The third-order valence-corrected chi connectivity index (χ3v) is 4.34. The van der Waals surface area contributed by atoms with Gasteiger partial charge in [-0.05, 0) is 25.3 Å². The fraction of sp³-hybridized carbons (Fsp3) is 0.417. The minimum Gasteiger partial charge on any atom is -0.365 e. The zero-order valence-corrected chi connectivity index (χ0v) is 10.5. The topological polar surface area (TPSA) is 12.0 Å². The lowest BCUT2D eigenvalue weighted by molar-refractivity contribution is 0.447. The highest BCUT2D eigenvalue weighted by Crippen LogP contribution is 2.27. The van der Waals surface area contributed by atoms with Crippen molar-refractivity contribution in [3.63, 3.8) is 0 Å². The standard InChI is InChI=1S/C12H15NS2/c1-12(9-15-11(14)13-12)8-7-10-5-3-2-4-6-10/h2-6H,7-9H2,1H3,(H,13,14). The second kappa shape index (κ2) is 4.54. The predicted octanol–water partition coefficient (Wildman–Crippen LogP) is 3.00. The molecule has 1 N–H and O–H groups in total. The van der Waals surface area contributed by atoms with E-state index in [1.165, 1.54) is 5.56 Å². The average Bonchev–Trinajstić information content (AvgIpc) is 2.58. The van der Waals surface area contributed by atoms with Gasteiger partial charge in [-0.2, -0.15) is 0 Å². The maximum absolute atomic E-state index is 5.15. The Kier molecular flexibility index (Phi) is 3.32. The van der Waals surface area contributed by atoms with E-state index in [1.54, 1.807) is 11.8 Å². The van der Waals surface area contributed by atoms with E-state index in [-0.39, 0.29) is 5.54 Å². The van der Waals surface area contributed by atoms with Gasteiger partial charge in [0.1, 0.15) is 4.32 Å².